The zero-order valence-corrected chi connectivity index (χ0v) is 10.9. The maximum Gasteiger partial charge on any atom is 0.140 e. The molecule has 0 aliphatic heterocycles. The van der Waals surface area contributed by atoms with Crippen LogP contribution >= 0.6 is 15.9 Å². The molecule has 0 aliphatic carbocycles. The highest BCUT2D eigenvalue weighted by Crippen LogP contribution is 2.15. The highest BCUT2D eigenvalue weighted by Gasteiger charge is 2.02. The summed E-state index contributed by atoms with van der Waals surface area (Å²) in [6.45, 7) is 0.507. The molecular formula is C13H9BrFN3. The monoisotopic (exact) mass is 305 g/mol. The molecule has 1 heterocycles. The smallest absolute Gasteiger partial charge is 0.140 e. The van der Waals surface area contributed by atoms with Gasteiger partial charge in [-0.05, 0) is 39.7 Å². The van der Waals surface area contributed by atoms with E-state index < -0.39 is 5.82 Å². The van der Waals surface area contributed by atoms with Gasteiger partial charge in [0.1, 0.15) is 11.9 Å². The van der Waals surface area contributed by atoms with Crippen LogP contribution < -0.4 is 5.32 Å². The van der Waals surface area contributed by atoms with Gasteiger partial charge in [0.15, 0.2) is 0 Å². The molecule has 90 valence electrons. The van der Waals surface area contributed by atoms with E-state index in [1.807, 2.05) is 12.1 Å². The second kappa shape index (κ2) is 5.61. The summed E-state index contributed by atoms with van der Waals surface area (Å²) in [6.07, 6.45) is 3.39. The Bertz CT molecular complexity index is 607. The Hall–Kier alpha value is -1.93. The van der Waals surface area contributed by atoms with E-state index in [0.29, 0.717) is 6.54 Å². The largest absolute Gasteiger partial charge is 0.380 e. The summed E-state index contributed by atoms with van der Waals surface area (Å²) in [7, 11) is 0. The van der Waals surface area contributed by atoms with Gasteiger partial charge < -0.3 is 5.32 Å². The van der Waals surface area contributed by atoms with Crippen molar-refractivity contribution in [2.45, 2.75) is 6.54 Å². The number of benzene rings is 1. The Balaban J connectivity index is 2.09. The van der Waals surface area contributed by atoms with Crippen molar-refractivity contribution in [2.75, 3.05) is 5.32 Å². The van der Waals surface area contributed by atoms with Crippen LogP contribution in [0.2, 0.25) is 0 Å². The lowest BCUT2D eigenvalue weighted by molar-refractivity contribution is 0.623. The van der Waals surface area contributed by atoms with Crippen molar-refractivity contribution in [1.82, 2.24) is 4.98 Å². The maximum absolute atomic E-state index is 13.1. The van der Waals surface area contributed by atoms with E-state index in [-0.39, 0.29) is 5.56 Å². The Morgan fingerprint density at radius 1 is 1.33 bits per heavy atom. The van der Waals surface area contributed by atoms with E-state index in [4.69, 9.17) is 5.26 Å². The van der Waals surface area contributed by atoms with E-state index in [9.17, 15) is 4.39 Å². The van der Waals surface area contributed by atoms with Crippen molar-refractivity contribution in [1.29, 1.82) is 5.26 Å². The standard InChI is InChI=1S/C13H9BrFN3/c14-11-4-12(8-17-7-11)18-6-9-1-2-13(15)10(3-9)5-16/h1-4,7-8,18H,6H2. The van der Waals surface area contributed by atoms with Gasteiger partial charge in [0.2, 0.25) is 0 Å². The van der Waals surface area contributed by atoms with Crippen LogP contribution in [0.25, 0.3) is 0 Å². The number of nitrogens with zero attached hydrogens (tertiary/aromatic N) is 2. The molecule has 18 heavy (non-hydrogen) atoms. The highest BCUT2D eigenvalue weighted by atomic mass is 79.9. The molecule has 0 saturated heterocycles. The van der Waals surface area contributed by atoms with Crippen LogP contribution in [0, 0.1) is 17.1 Å². The lowest BCUT2D eigenvalue weighted by Gasteiger charge is -2.07. The van der Waals surface area contributed by atoms with Crippen molar-refractivity contribution < 1.29 is 4.39 Å². The number of aromatic nitrogens is 1. The minimum Gasteiger partial charge on any atom is -0.380 e. The Morgan fingerprint density at radius 3 is 2.89 bits per heavy atom. The van der Waals surface area contributed by atoms with E-state index in [1.54, 1.807) is 18.5 Å². The summed E-state index contributed by atoms with van der Waals surface area (Å²) in [5.74, 6) is -0.495. The number of rotatable bonds is 3. The summed E-state index contributed by atoms with van der Waals surface area (Å²) < 4.78 is 14.0. The Kier molecular flexibility index (Phi) is 3.90. The molecule has 0 aliphatic rings. The molecule has 0 spiro atoms. The van der Waals surface area contributed by atoms with Crippen molar-refractivity contribution in [3.63, 3.8) is 0 Å². The third kappa shape index (κ3) is 3.05. The number of hydrogen-bond acceptors (Lipinski definition) is 3. The highest BCUT2D eigenvalue weighted by molar-refractivity contribution is 9.10. The normalized spacial score (nSPS) is 9.83. The van der Waals surface area contributed by atoms with Gasteiger partial charge in [-0.2, -0.15) is 5.26 Å². The lowest BCUT2D eigenvalue weighted by atomic mass is 10.1. The van der Waals surface area contributed by atoms with E-state index in [0.717, 1.165) is 15.7 Å². The minimum absolute atomic E-state index is 0.0571. The summed E-state index contributed by atoms with van der Waals surface area (Å²) in [5, 5.41) is 11.9. The Labute approximate surface area is 112 Å². The van der Waals surface area contributed by atoms with Crippen LogP contribution in [-0.4, -0.2) is 4.98 Å². The third-order valence-electron chi connectivity index (χ3n) is 2.35. The van der Waals surface area contributed by atoms with Crippen molar-refractivity contribution >= 4 is 21.6 Å². The number of nitrogens with one attached hydrogen (secondary N) is 1. The molecule has 0 unspecified atom stereocenters. The first-order valence-electron chi connectivity index (χ1n) is 5.22. The molecule has 2 rings (SSSR count). The summed E-state index contributed by atoms with van der Waals surface area (Å²) in [5.41, 5.74) is 1.75. The van der Waals surface area contributed by atoms with E-state index >= 15 is 0 Å². The number of nitriles is 1. The van der Waals surface area contributed by atoms with E-state index in [1.165, 1.54) is 12.1 Å². The van der Waals surface area contributed by atoms with Crippen molar-refractivity contribution in [3.05, 3.63) is 58.1 Å². The van der Waals surface area contributed by atoms with Crippen LogP contribution in [0.15, 0.2) is 41.1 Å². The van der Waals surface area contributed by atoms with Gasteiger partial charge in [0, 0.05) is 17.2 Å². The van der Waals surface area contributed by atoms with Crippen LogP contribution in [0.5, 0.6) is 0 Å². The summed E-state index contributed by atoms with van der Waals surface area (Å²) in [4.78, 5) is 4.02. The SMILES string of the molecule is N#Cc1cc(CNc2cncc(Br)c2)ccc1F. The van der Waals surface area contributed by atoms with Crippen LogP contribution in [0.3, 0.4) is 0 Å². The molecule has 1 aromatic carbocycles. The molecule has 0 fully saturated rings. The number of anilines is 1. The number of halogens is 2. The predicted molar refractivity (Wildman–Crippen MR) is 70.4 cm³/mol. The number of pyridine rings is 1. The van der Waals surface area contributed by atoms with Crippen LogP contribution in [-0.2, 0) is 6.54 Å². The molecule has 0 saturated carbocycles. The van der Waals surface area contributed by atoms with Crippen LogP contribution in [0.4, 0.5) is 10.1 Å². The van der Waals surface area contributed by atoms with Gasteiger partial charge in [0.05, 0.1) is 17.4 Å². The molecule has 0 amide bonds. The Morgan fingerprint density at radius 2 is 2.17 bits per heavy atom. The average Bonchev–Trinajstić information content (AvgIpc) is 2.38. The van der Waals surface area contributed by atoms with Gasteiger partial charge in [-0.15, -0.1) is 0 Å². The second-order valence-corrected chi connectivity index (χ2v) is 4.59. The molecule has 0 radical (unpaired) electrons. The fourth-order valence-corrected chi connectivity index (χ4v) is 1.85. The third-order valence-corrected chi connectivity index (χ3v) is 2.79. The average molecular weight is 306 g/mol. The van der Waals surface area contributed by atoms with Crippen molar-refractivity contribution in [2.24, 2.45) is 0 Å². The molecule has 3 nitrogen and oxygen atoms in total. The molecule has 1 aromatic heterocycles. The van der Waals surface area contributed by atoms with Crippen molar-refractivity contribution in [3.8, 4) is 6.07 Å². The van der Waals surface area contributed by atoms with E-state index in [2.05, 4.69) is 26.2 Å². The van der Waals surface area contributed by atoms with Crippen LogP contribution in [0.1, 0.15) is 11.1 Å². The molecule has 0 atom stereocenters. The fourth-order valence-electron chi connectivity index (χ4n) is 1.48. The summed E-state index contributed by atoms with van der Waals surface area (Å²) in [6, 6.07) is 8.19. The topological polar surface area (TPSA) is 48.7 Å². The van der Waals surface area contributed by atoms with Gasteiger partial charge in [-0.3, -0.25) is 4.98 Å². The zero-order chi connectivity index (χ0) is 13.0. The first kappa shape index (κ1) is 12.5. The zero-order valence-electron chi connectivity index (χ0n) is 9.32. The lowest BCUT2D eigenvalue weighted by Crippen LogP contribution is -2.00. The molecular weight excluding hydrogens is 297 g/mol. The van der Waals surface area contributed by atoms with Gasteiger partial charge in [-0.1, -0.05) is 6.07 Å². The molecule has 5 heteroatoms. The molecule has 2 aromatic rings. The predicted octanol–water partition coefficient (Wildman–Crippen LogP) is 3.47. The van der Waals surface area contributed by atoms with Gasteiger partial charge >= 0.3 is 0 Å². The minimum atomic E-state index is -0.495. The maximum atomic E-state index is 13.1. The quantitative estimate of drug-likeness (QED) is 0.944. The first-order chi connectivity index (χ1) is 8.69. The van der Waals surface area contributed by atoms with Gasteiger partial charge in [0.25, 0.3) is 0 Å². The second-order valence-electron chi connectivity index (χ2n) is 3.67. The summed E-state index contributed by atoms with van der Waals surface area (Å²) >= 11 is 3.33. The van der Waals surface area contributed by atoms with Gasteiger partial charge in [-0.25, -0.2) is 4.39 Å². The number of hydrogen-bond donors (Lipinski definition) is 1. The molecule has 1 N–H and O–H groups in total. The first-order valence-corrected chi connectivity index (χ1v) is 6.01. The fraction of sp³-hybridized carbons (Fsp3) is 0.0769. The molecule has 0 bridgehead atoms.